The molecule has 13 heteroatoms. The van der Waals surface area contributed by atoms with Gasteiger partial charge in [-0.05, 0) is 30.5 Å². The van der Waals surface area contributed by atoms with Crippen LogP contribution in [0.3, 0.4) is 0 Å². The molecule has 0 radical (unpaired) electrons. The van der Waals surface area contributed by atoms with E-state index in [4.69, 9.17) is 11.5 Å². The highest BCUT2D eigenvalue weighted by Crippen LogP contribution is 2.19. The van der Waals surface area contributed by atoms with Gasteiger partial charge in [-0.15, -0.1) is 0 Å². The standard InChI is InChI=1S/C29H36N6O7/c1-16(36)25(31)28(40)34-22(13-17-7-3-2-4-8-17)27(39)33-21(11-12-24(30)37)26(38)35-23(29(41)42)14-18-15-32-20-10-6-5-9-19(18)20/h2-10,15-16,21-23,25,32,36H,11-14,31H2,1H3,(H2,30,37)(H,33,39)(H,34,40)(H,35,38)(H,41,42). The van der Waals surface area contributed by atoms with E-state index in [9.17, 15) is 34.2 Å². The number of H-pyrrole nitrogens is 1. The van der Waals surface area contributed by atoms with E-state index in [1.807, 2.05) is 24.3 Å². The van der Waals surface area contributed by atoms with Gasteiger partial charge in [-0.2, -0.15) is 0 Å². The van der Waals surface area contributed by atoms with Gasteiger partial charge in [-0.1, -0.05) is 48.5 Å². The summed E-state index contributed by atoms with van der Waals surface area (Å²) in [5.41, 5.74) is 13.2. The Morgan fingerprint density at radius 3 is 2.07 bits per heavy atom. The molecule has 0 saturated carbocycles. The smallest absolute Gasteiger partial charge is 0.326 e. The summed E-state index contributed by atoms with van der Waals surface area (Å²) in [5, 5.41) is 27.9. The molecule has 5 unspecified atom stereocenters. The molecule has 4 amide bonds. The number of aliphatic hydroxyl groups is 1. The van der Waals surface area contributed by atoms with Crippen molar-refractivity contribution in [2.75, 3.05) is 0 Å². The van der Waals surface area contributed by atoms with Gasteiger partial charge in [0.2, 0.25) is 23.6 Å². The molecule has 13 nitrogen and oxygen atoms in total. The molecular formula is C29H36N6O7. The summed E-state index contributed by atoms with van der Waals surface area (Å²) >= 11 is 0. The number of aliphatic carboxylic acids is 1. The maximum atomic E-state index is 13.4. The van der Waals surface area contributed by atoms with Crippen LogP contribution in [0.25, 0.3) is 10.9 Å². The van der Waals surface area contributed by atoms with Crippen molar-refractivity contribution in [3.8, 4) is 0 Å². The highest BCUT2D eigenvalue weighted by molar-refractivity contribution is 5.95. The van der Waals surface area contributed by atoms with Crippen molar-refractivity contribution >= 4 is 40.5 Å². The Morgan fingerprint density at radius 2 is 1.43 bits per heavy atom. The van der Waals surface area contributed by atoms with Crippen LogP contribution in [-0.2, 0) is 36.8 Å². The number of aromatic amines is 1. The molecule has 0 saturated heterocycles. The average molecular weight is 581 g/mol. The van der Waals surface area contributed by atoms with Crippen molar-refractivity contribution in [2.24, 2.45) is 11.5 Å². The highest BCUT2D eigenvalue weighted by Gasteiger charge is 2.31. The van der Waals surface area contributed by atoms with Gasteiger partial charge < -0.3 is 42.6 Å². The average Bonchev–Trinajstić information content (AvgIpc) is 3.36. The number of amides is 4. The van der Waals surface area contributed by atoms with Gasteiger partial charge in [0.1, 0.15) is 24.2 Å². The van der Waals surface area contributed by atoms with Crippen LogP contribution in [0.1, 0.15) is 30.9 Å². The molecule has 0 fully saturated rings. The van der Waals surface area contributed by atoms with Crippen molar-refractivity contribution in [1.29, 1.82) is 0 Å². The predicted molar refractivity (Wildman–Crippen MR) is 154 cm³/mol. The third kappa shape index (κ3) is 8.88. The first-order chi connectivity index (χ1) is 20.0. The van der Waals surface area contributed by atoms with Gasteiger partial charge in [-0.3, -0.25) is 19.2 Å². The van der Waals surface area contributed by atoms with Crippen LogP contribution in [0.2, 0.25) is 0 Å². The maximum Gasteiger partial charge on any atom is 0.326 e. The highest BCUT2D eigenvalue weighted by atomic mass is 16.4. The predicted octanol–water partition coefficient (Wildman–Crippen LogP) is -0.534. The van der Waals surface area contributed by atoms with Crippen molar-refractivity contribution < 1.29 is 34.2 Å². The number of carbonyl (C=O) groups excluding carboxylic acids is 4. The molecule has 3 rings (SSSR count). The zero-order chi connectivity index (χ0) is 30.8. The molecule has 1 aromatic heterocycles. The summed E-state index contributed by atoms with van der Waals surface area (Å²) in [6, 6.07) is 10.8. The Kier molecular flexibility index (Phi) is 11.2. The summed E-state index contributed by atoms with van der Waals surface area (Å²) < 4.78 is 0. The SMILES string of the molecule is CC(O)C(N)C(=O)NC(Cc1ccccc1)C(=O)NC(CCC(N)=O)C(=O)NC(Cc1c[nH]c2ccccc12)C(=O)O. The Morgan fingerprint density at radius 1 is 0.833 bits per heavy atom. The van der Waals surface area contributed by atoms with Gasteiger partial charge in [0, 0.05) is 36.4 Å². The number of carbonyl (C=O) groups is 5. The van der Waals surface area contributed by atoms with Gasteiger partial charge >= 0.3 is 5.97 Å². The maximum absolute atomic E-state index is 13.4. The normalized spacial score (nSPS) is 14.6. The van der Waals surface area contributed by atoms with Crippen LogP contribution < -0.4 is 27.4 Å². The van der Waals surface area contributed by atoms with Gasteiger partial charge in [-0.25, -0.2) is 4.79 Å². The van der Waals surface area contributed by atoms with Gasteiger partial charge in [0.05, 0.1) is 6.10 Å². The number of nitrogens with two attached hydrogens (primary N) is 2. The molecule has 0 spiro atoms. The van der Waals surface area contributed by atoms with Crippen LogP contribution in [0, 0.1) is 0 Å². The number of nitrogens with one attached hydrogen (secondary N) is 4. The number of rotatable bonds is 15. The molecular weight excluding hydrogens is 544 g/mol. The molecule has 2 aromatic carbocycles. The quantitative estimate of drug-likeness (QED) is 0.116. The Hall–Kier alpha value is -4.75. The lowest BCUT2D eigenvalue weighted by atomic mass is 10.0. The topological polar surface area (TPSA) is 230 Å². The molecule has 224 valence electrons. The van der Waals surface area contributed by atoms with E-state index in [2.05, 4.69) is 20.9 Å². The van der Waals surface area contributed by atoms with Crippen molar-refractivity contribution in [3.05, 3.63) is 71.9 Å². The number of benzene rings is 2. The number of hydrogen-bond donors (Lipinski definition) is 8. The number of carboxylic acids is 1. The molecule has 5 atom stereocenters. The summed E-state index contributed by atoms with van der Waals surface area (Å²) in [6.07, 6.45) is -0.0518. The number of aromatic nitrogens is 1. The second kappa shape index (κ2) is 14.8. The molecule has 0 aliphatic heterocycles. The van der Waals surface area contributed by atoms with Crippen LogP contribution in [0.5, 0.6) is 0 Å². The second-order valence-corrected chi connectivity index (χ2v) is 10.0. The van der Waals surface area contributed by atoms with Crippen molar-refractivity contribution in [3.63, 3.8) is 0 Å². The monoisotopic (exact) mass is 580 g/mol. The van der Waals surface area contributed by atoms with Gasteiger partial charge in [0.25, 0.3) is 0 Å². The van der Waals surface area contributed by atoms with Crippen LogP contribution in [0.15, 0.2) is 60.8 Å². The molecule has 0 bridgehead atoms. The number of carboxylic acid groups (broad SMARTS) is 1. The fourth-order valence-electron chi connectivity index (χ4n) is 4.37. The minimum Gasteiger partial charge on any atom is -0.480 e. The van der Waals surface area contributed by atoms with E-state index in [0.29, 0.717) is 11.1 Å². The minimum atomic E-state index is -1.35. The Labute approximate surface area is 242 Å². The summed E-state index contributed by atoms with van der Waals surface area (Å²) in [5.74, 6) is -4.44. The number of para-hydroxylation sites is 1. The first kappa shape index (κ1) is 31.8. The third-order valence-electron chi connectivity index (χ3n) is 6.76. The zero-order valence-electron chi connectivity index (χ0n) is 23.1. The summed E-state index contributed by atoms with van der Waals surface area (Å²) in [7, 11) is 0. The van der Waals surface area contributed by atoms with E-state index in [1.54, 1.807) is 36.5 Å². The van der Waals surface area contributed by atoms with E-state index < -0.39 is 59.9 Å². The van der Waals surface area contributed by atoms with E-state index >= 15 is 0 Å². The number of aliphatic hydroxyl groups excluding tert-OH is 1. The second-order valence-electron chi connectivity index (χ2n) is 10.0. The molecule has 0 aliphatic rings. The molecule has 3 aromatic rings. The van der Waals surface area contributed by atoms with E-state index in [-0.39, 0.29) is 25.7 Å². The Balaban J connectivity index is 1.80. The first-order valence-electron chi connectivity index (χ1n) is 13.4. The number of hydrogen-bond acceptors (Lipinski definition) is 7. The zero-order valence-corrected chi connectivity index (χ0v) is 23.1. The number of primary amides is 1. The largest absolute Gasteiger partial charge is 0.480 e. The van der Waals surface area contributed by atoms with Crippen molar-refractivity contribution in [2.45, 2.75) is 62.9 Å². The first-order valence-corrected chi connectivity index (χ1v) is 13.4. The van der Waals surface area contributed by atoms with Crippen molar-refractivity contribution in [1.82, 2.24) is 20.9 Å². The molecule has 1 heterocycles. The summed E-state index contributed by atoms with van der Waals surface area (Å²) in [4.78, 5) is 66.0. The molecule has 10 N–H and O–H groups in total. The lowest BCUT2D eigenvalue weighted by Crippen LogP contribution is -2.58. The third-order valence-corrected chi connectivity index (χ3v) is 6.76. The minimum absolute atomic E-state index is 0.0212. The van der Waals surface area contributed by atoms with E-state index in [0.717, 1.165) is 10.9 Å². The van der Waals surface area contributed by atoms with Crippen LogP contribution in [-0.4, -0.2) is 75.1 Å². The fourth-order valence-corrected chi connectivity index (χ4v) is 4.37. The van der Waals surface area contributed by atoms with E-state index in [1.165, 1.54) is 6.92 Å². The Bertz CT molecular complexity index is 1410. The molecule has 42 heavy (non-hydrogen) atoms. The molecule has 0 aliphatic carbocycles. The van der Waals surface area contributed by atoms with Crippen LogP contribution in [0.4, 0.5) is 0 Å². The lowest BCUT2D eigenvalue weighted by Gasteiger charge is -2.25. The summed E-state index contributed by atoms with van der Waals surface area (Å²) in [6.45, 7) is 1.33. The number of fused-ring (bicyclic) bond motifs is 1. The van der Waals surface area contributed by atoms with Crippen LogP contribution >= 0.6 is 0 Å². The van der Waals surface area contributed by atoms with Gasteiger partial charge in [0.15, 0.2) is 0 Å². The fraction of sp³-hybridized carbons (Fsp3) is 0.345. The lowest BCUT2D eigenvalue weighted by molar-refractivity contribution is -0.142.